The van der Waals surface area contributed by atoms with Crippen LogP contribution in [0.5, 0.6) is 0 Å². The van der Waals surface area contributed by atoms with E-state index in [1.165, 1.54) is 0 Å². The Bertz CT molecular complexity index is 635. The van der Waals surface area contributed by atoms with Gasteiger partial charge in [-0.1, -0.05) is 18.2 Å². The lowest BCUT2D eigenvalue weighted by Gasteiger charge is -2.17. The zero-order valence-electron chi connectivity index (χ0n) is 10.6. The van der Waals surface area contributed by atoms with Crippen LogP contribution in [0.2, 0.25) is 0 Å². The number of rotatable bonds is 3. The maximum Gasteiger partial charge on any atom is 0.261 e. The van der Waals surface area contributed by atoms with Crippen molar-refractivity contribution < 1.29 is 14.7 Å². The third kappa shape index (κ3) is 1.98. The number of imide groups is 1. The standard InChI is InChI=1S/C15H12N2O3/c18-13(12-7-3-4-8-16-12)9-17-14(19)10-5-1-2-6-11(10)15(17)20/h1-8,13,18H,9H2. The van der Waals surface area contributed by atoms with Crippen LogP contribution in [-0.4, -0.2) is 33.3 Å². The van der Waals surface area contributed by atoms with E-state index in [0.29, 0.717) is 16.8 Å². The predicted molar refractivity (Wildman–Crippen MR) is 71.0 cm³/mol. The van der Waals surface area contributed by atoms with E-state index in [-0.39, 0.29) is 18.4 Å². The van der Waals surface area contributed by atoms with Gasteiger partial charge in [0, 0.05) is 6.20 Å². The van der Waals surface area contributed by atoms with E-state index < -0.39 is 6.10 Å². The van der Waals surface area contributed by atoms with Gasteiger partial charge in [-0.3, -0.25) is 19.5 Å². The van der Waals surface area contributed by atoms with E-state index in [2.05, 4.69) is 4.98 Å². The fourth-order valence-electron chi connectivity index (χ4n) is 2.24. The van der Waals surface area contributed by atoms with Gasteiger partial charge in [0.15, 0.2) is 0 Å². The normalized spacial score (nSPS) is 15.3. The Hall–Kier alpha value is -2.53. The van der Waals surface area contributed by atoms with Gasteiger partial charge in [-0.15, -0.1) is 0 Å². The summed E-state index contributed by atoms with van der Waals surface area (Å²) >= 11 is 0. The van der Waals surface area contributed by atoms with Crippen molar-refractivity contribution in [3.8, 4) is 0 Å². The molecule has 1 aromatic heterocycles. The van der Waals surface area contributed by atoms with Gasteiger partial charge in [-0.25, -0.2) is 0 Å². The Morgan fingerprint density at radius 3 is 2.15 bits per heavy atom. The maximum atomic E-state index is 12.1. The molecular weight excluding hydrogens is 256 g/mol. The monoisotopic (exact) mass is 268 g/mol. The highest BCUT2D eigenvalue weighted by molar-refractivity contribution is 6.21. The molecule has 1 unspecified atom stereocenters. The van der Waals surface area contributed by atoms with E-state index in [1.807, 2.05) is 0 Å². The minimum Gasteiger partial charge on any atom is -0.385 e. The summed E-state index contributed by atoms with van der Waals surface area (Å²) in [4.78, 5) is 29.4. The predicted octanol–water partition coefficient (Wildman–Crippen LogP) is 1.41. The molecule has 0 saturated heterocycles. The van der Waals surface area contributed by atoms with Crippen molar-refractivity contribution in [1.29, 1.82) is 0 Å². The lowest BCUT2D eigenvalue weighted by molar-refractivity contribution is 0.0538. The van der Waals surface area contributed by atoms with Crippen LogP contribution in [-0.2, 0) is 0 Å². The van der Waals surface area contributed by atoms with Crippen LogP contribution in [0.1, 0.15) is 32.5 Å². The number of aromatic nitrogens is 1. The second-order valence-electron chi connectivity index (χ2n) is 4.54. The summed E-state index contributed by atoms with van der Waals surface area (Å²) < 4.78 is 0. The fraction of sp³-hybridized carbons (Fsp3) is 0.133. The molecule has 20 heavy (non-hydrogen) atoms. The van der Waals surface area contributed by atoms with Crippen LogP contribution >= 0.6 is 0 Å². The van der Waals surface area contributed by atoms with Gasteiger partial charge in [0.05, 0.1) is 23.4 Å². The molecule has 1 N–H and O–H groups in total. The van der Waals surface area contributed by atoms with Gasteiger partial charge in [0.1, 0.15) is 6.10 Å². The molecule has 5 heteroatoms. The minimum absolute atomic E-state index is 0.0939. The first-order valence-electron chi connectivity index (χ1n) is 6.22. The number of aliphatic hydroxyl groups is 1. The minimum atomic E-state index is -0.988. The molecule has 3 rings (SSSR count). The van der Waals surface area contributed by atoms with Gasteiger partial charge in [-0.2, -0.15) is 0 Å². The lowest BCUT2D eigenvalue weighted by atomic mass is 10.1. The molecule has 0 spiro atoms. The van der Waals surface area contributed by atoms with Gasteiger partial charge in [0.25, 0.3) is 11.8 Å². The van der Waals surface area contributed by atoms with E-state index >= 15 is 0 Å². The van der Waals surface area contributed by atoms with Crippen molar-refractivity contribution in [3.05, 3.63) is 65.5 Å². The molecule has 1 aliphatic rings. The summed E-state index contributed by atoms with van der Waals surface area (Å²) in [6, 6.07) is 11.8. The average molecular weight is 268 g/mol. The van der Waals surface area contributed by atoms with Crippen molar-refractivity contribution in [1.82, 2.24) is 9.88 Å². The molecule has 100 valence electrons. The highest BCUT2D eigenvalue weighted by atomic mass is 16.3. The first-order chi connectivity index (χ1) is 9.68. The molecule has 1 aromatic carbocycles. The van der Waals surface area contributed by atoms with Crippen molar-refractivity contribution in [2.75, 3.05) is 6.54 Å². The van der Waals surface area contributed by atoms with E-state index in [9.17, 15) is 14.7 Å². The molecular formula is C15H12N2O3. The number of benzene rings is 1. The SMILES string of the molecule is O=C1c2ccccc2C(=O)N1CC(O)c1ccccn1. The number of hydrogen-bond donors (Lipinski definition) is 1. The molecule has 0 bridgehead atoms. The number of β-amino-alcohol motifs (C(OH)–C–C–N with tert-alkyl or cyclic N) is 1. The summed E-state index contributed by atoms with van der Waals surface area (Å²) in [6.07, 6.45) is 0.569. The smallest absolute Gasteiger partial charge is 0.261 e. The summed E-state index contributed by atoms with van der Waals surface area (Å²) in [7, 11) is 0. The van der Waals surface area contributed by atoms with Gasteiger partial charge < -0.3 is 5.11 Å². The summed E-state index contributed by atoms with van der Waals surface area (Å²) in [6.45, 7) is -0.0939. The zero-order valence-corrected chi connectivity index (χ0v) is 10.6. The van der Waals surface area contributed by atoms with Gasteiger partial charge in [-0.05, 0) is 24.3 Å². The molecule has 0 fully saturated rings. The first-order valence-corrected chi connectivity index (χ1v) is 6.22. The lowest BCUT2D eigenvalue weighted by Crippen LogP contribution is -2.34. The molecule has 5 nitrogen and oxygen atoms in total. The van der Waals surface area contributed by atoms with Crippen LogP contribution in [0, 0.1) is 0 Å². The number of nitrogens with zero attached hydrogens (tertiary/aromatic N) is 2. The number of hydrogen-bond acceptors (Lipinski definition) is 4. The number of amides is 2. The first kappa shape index (κ1) is 12.5. The Morgan fingerprint density at radius 1 is 1.00 bits per heavy atom. The van der Waals surface area contributed by atoms with Crippen LogP contribution in [0.15, 0.2) is 48.7 Å². The van der Waals surface area contributed by atoms with Crippen LogP contribution in [0.4, 0.5) is 0 Å². The number of carbonyl (C=O) groups excluding carboxylic acids is 2. The average Bonchev–Trinajstić information content (AvgIpc) is 2.74. The summed E-state index contributed by atoms with van der Waals surface area (Å²) in [5, 5.41) is 10.1. The van der Waals surface area contributed by atoms with Crippen LogP contribution in [0.3, 0.4) is 0 Å². The third-order valence-corrected chi connectivity index (χ3v) is 3.26. The number of carbonyl (C=O) groups is 2. The number of fused-ring (bicyclic) bond motifs is 1. The molecule has 2 aromatic rings. The van der Waals surface area contributed by atoms with Crippen molar-refractivity contribution in [2.24, 2.45) is 0 Å². The Balaban J connectivity index is 1.84. The number of pyridine rings is 1. The maximum absolute atomic E-state index is 12.1. The number of aliphatic hydroxyl groups excluding tert-OH is 1. The molecule has 2 amide bonds. The summed E-state index contributed by atoms with van der Waals surface area (Å²) in [5.74, 6) is -0.749. The van der Waals surface area contributed by atoms with E-state index in [1.54, 1.807) is 48.7 Å². The van der Waals surface area contributed by atoms with Gasteiger partial charge >= 0.3 is 0 Å². The quantitative estimate of drug-likeness (QED) is 0.854. The Morgan fingerprint density at radius 2 is 1.60 bits per heavy atom. The van der Waals surface area contributed by atoms with Crippen molar-refractivity contribution in [2.45, 2.75) is 6.10 Å². The van der Waals surface area contributed by atoms with Crippen molar-refractivity contribution in [3.63, 3.8) is 0 Å². The molecule has 1 atom stereocenters. The highest BCUT2D eigenvalue weighted by Gasteiger charge is 2.36. The Labute approximate surface area is 115 Å². The van der Waals surface area contributed by atoms with E-state index in [0.717, 1.165) is 4.90 Å². The van der Waals surface area contributed by atoms with Crippen LogP contribution < -0.4 is 0 Å². The largest absolute Gasteiger partial charge is 0.385 e. The third-order valence-electron chi connectivity index (χ3n) is 3.26. The second-order valence-corrected chi connectivity index (χ2v) is 4.54. The molecule has 1 aliphatic heterocycles. The van der Waals surface area contributed by atoms with Gasteiger partial charge in [0.2, 0.25) is 0 Å². The zero-order chi connectivity index (χ0) is 14.1. The molecule has 0 aliphatic carbocycles. The summed E-state index contributed by atoms with van der Waals surface area (Å²) in [5.41, 5.74) is 1.19. The second kappa shape index (κ2) is 4.86. The highest BCUT2D eigenvalue weighted by Crippen LogP contribution is 2.24. The molecule has 2 heterocycles. The fourth-order valence-corrected chi connectivity index (χ4v) is 2.24. The topological polar surface area (TPSA) is 70.5 Å². The Kier molecular flexibility index (Phi) is 3.04. The molecule has 0 saturated carbocycles. The van der Waals surface area contributed by atoms with Crippen LogP contribution in [0.25, 0.3) is 0 Å². The molecule has 0 radical (unpaired) electrons. The van der Waals surface area contributed by atoms with E-state index in [4.69, 9.17) is 0 Å². The van der Waals surface area contributed by atoms with Crippen molar-refractivity contribution >= 4 is 11.8 Å².